The number of hydrogen-bond donors (Lipinski definition) is 0. The van der Waals surface area contributed by atoms with Gasteiger partial charge in [0.05, 0.1) is 11.4 Å². The Morgan fingerprint density at radius 3 is 2.48 bits per heavy atom. The molecule has 0 N–H and O–H groups in total. The van der Waals surface area contributed by atoms with Gasteiger partial charge in [0.2, 0.25) is 14.2 Å². The van der Waals surface area contributed by atoms with Crippen molar-refractivity contribution in [2.45, 2.75) is 23.9 Å². The SMILES string of the molecule is Cc1nc(C)c2nc(S(=O)(=O)Cc3ccccc3)sc2n1. The average Bonchev–Trinajstić information content (AvgIpc) is 2.84. The van der Waals surface area contributed by atoms with Gasteiger partial charge >= 0.3 is 0 Å². The molecule has 0 spiro atoms. The number of sulfone groups is 1. The van der Waals surface area contributed by atoms with E-state index in [0.29, 0.717) is 21.9 Å². The highest BCUT2D eigenvalue weighted by molar-refractivity contribution is 7.92. The van der Waals surface area contributed by atoms with E-state index >= 15 is 0 Å². The number of fused-ring (bicyclic) bond motifs is 1. The molecule has 0 aliphatic heterocycles. The molecule has 3 aromatic rings. The smallest absolute Gasteiger partial charge is 0.212 e. The summed E-state index contributed by atoms with van der Waals surface area (Å²) in [6, 6.07) is 9.08. The first kappa shape index (κ1) is 14.1. The molecule has 7 heteroatoms. The lowest BCUT2D eigenvalue weighted by Crippen LogP contribution is -2.04. The van der Waals surface area contributed by atoms with Crippen LogP contribution in [-0.2, 0) is 15.6 Å². The van der Waals surface area contributed by atoms with E-state index in [-0.39, 0.29) is 10.1 Å². The highest BCUT2D eigenvalue weighted by atomic mass is 32.2. The monoisotopic (exact) mass is 319 g/mol. The van der Waals surface area contributed by atoms with Gasteiger partial charge in [-0.25, -0.2) is 23.4 Å². The summed E-state index contributed by atoms with van der Waals surface area (Å²) in [4.78, 5) is 13.3. The van der Waals surface area contributed by atoms with Gasteiger partial charge in [0.1, 0.15) is 16.2 Å². The molecule has 0 fully saturated rings. The van der Waals surface area contributed by atoms with E-state index in [9.17, 15) is 8.42 Å². The van der Waals surface area contributed by atoms with Crippen LogP contribution < -0.4 is 0 Å². The van der Waals surface area contributed by atoms with Crippen LogP contribution in [0.3, 0.4) is 0 Å². The number of rotatable bonds is 3. The molecular formula is C14H13N3O2S2. The summed E-state index contributed by atoms with van der Waals surface area (Å²) in [5.74, 6) is 0.565. The summed E-state index contributed by atoms with van der Waals surface area (Å²) in [6.07, 6.45) is 0. The van der Waals surface area contributed by atoms with E-state index < -0.39 is 9.84 Å². The third-order valence-corrected chi connectivity index (χ3v) is 6.08. The molecule has 3 rings (SSSR count). The minimum absolute atomic E-state index is 0.0564. The summed E-state index contributed by atoms with van der Waals surface area (Å²) in [6.45, 7) is 3.59. The Bertz CT molecular complexity index is 903. The van der Waals surface area contributed by atoms with Gasteiger partial charge in [-0.1, -0.05) is 41.7 Å². The Hall–Kier alpha value is -1.86. The first-order valence-electron chi connectivity index (χ1n) is 6.34. The van der Waals surface area contributed by atoms with Crippen LogP contribution in [-0.4, -0.2) is 23.4 Å². The number of thiazole rings is 1. The molecule has 0 unspecified atom stereocenters. The van der Waals surface area contributed by atoms with Gasteiger partial charge in [-0.05, 0) is 19.4 Å². The molecule has 2 heterocycles. The van der Waals surface area contributed by atoms with Crippen molar-refractivity contribution in [3.8, 4) is 0 Å². The normalized spacial score (nSPS) is 11.9. The molecule has 0 radical (unpaired) electrons. The molecule has 0 saturated carbocycles. The highest BCUT2D eigenvalue weighted by Gasteiger charge is 2.22. The van der Waals surface area contributed by atoms with E-state index in [2.05, 4.69) is 15.0 Å². The Labute approximate surface area is 126 Å². The van der Waals surface area contributed by atoms with Crippen LogP contribution in [0.2, 0.25) is 0 Å². The molecule has 0 bridgehead atoms. The van der Waals surface area contributed by atoms with Crippen LogP contribution in [0, 0.1) is 13.8 Å². The standard InChI is InChI=1S/C14H13N3O2S2/c1-9-12-13(16-10(2)15-9)20-14(17-12)21(18,19)8-11-6-4-3-5-7-11/h3-7H,8H2,1-2H3. The maximum Gasteiger partial charge on any atom is 0.212 e. The van der Waals surface area contributed by atoms with Crippen molar-refractivity contribution >= 4 is 31.5 Å². The molecule has 0 aliphatic rings. The summed E-state index contributed by atoms with van der Waals surface area (Å²) in [5.41, 5.74) is 2.02. The number of benzene rings is 1. The van der Waals surface area contributed by atoms with Crippen molar-refractivity contribution < 1.29 is 8.42 Å². The van der Waals surface area contributed by atoms with E-state index in [0.717, 1.165) is 16.9 Å². The van der Waals surface area contributed by atoms with Crippen molar-refractivity contribution in [1.29, 1.82) is 0 Å². The lowest BCUT2D eigenvalue weighted by atomic mass is 10.2. The largest absolute Gasteiger partial charge is 0.236 e. The van der Waals surface area contributed by atoms with Gasteiger partial charge in [-0.3, -0.25) is 0 Å². The molecule has 0 amide bonds. The number of hydrogen-bond acceptors (Lipinski definition) is 6. The zero-order valence-corrected chi connectivity index (χ0v) is 13.2. The zero-order chi connectivity index (χ0) is 15.0. The quantitative estimate of drug-likeness (QED) is 0.742. The molecule has 0 aliphatic carbocycles. The van der Waals surface area contributed by atoms with Gasteiger partial charge in [-0.15, -0.1) is 0 Å². The van der Waals surface area contributed by atoms with Crippen LogP contribution in [0.5, 0.6) is 0 Å². The zero-order valence-electron chi connectivity index (χ0n) is 11.6. The molecule has 0 atom stereocenters. The van der Waals surface area contributed by atoms with E-state index in [1.807, 2.05) is 25.1 Å². The molecule has 1 aromatic carbocycles. The van der Waals surface area contributed by atoms with Gasteiger partial charge in [0.25, 0.3) is 0 Å². The topological polar surface area (TPSA) is 72.8 Å². The first-order valence-corrected chi connectivity index (χ1v) is 8.81. The van der Waals surface area contributed by atoms with E-state index in [1.54, 1.807) is 19.1 Å². The summed E-state index contributed by atoms with van der Waals surface area (Å²) in [7, 11) is -3.47. The van der Waals surface area contributed by atoms with Gasteiger partial charge in [-0.2, -0.15) is 0 Å². The van der Waals surface area contributed by atoms with Crippen LogP contribution in [0.15, 0.2) is 34.7 Å². The second kappa shape index (κ2) is 5.16. The Kier molecular flexibility index (Phi) is 3.46. The average molecular weight is 319 g/mol. The van der Waals surface area contributed by atoms with Crippen molar-refractivity contribution in [2.75, 3.05) is 0 Å². The van der Waals surface area contributed by atoms with Gasteiger partial charge in [0.15, 0.2) is 0 Å². The Balaban J connectivity index is 2.05. The van der Waals surface area contributed by atoms with Crippen molar-refractivity contribution in [3.63, 3.8) is 0 Å². The Morgan fingerprint density at radius 2 is 1.76 bits per heavy atom. The highest BCUT2D eigenvalue weighted by Crippen LogP contribution is 2.27. The molecular weight excluding hydrogens is 306 g/mol. The van der Waals surface area contributed by atoms with E-state index in [4.69, 9.17) is 0 Å². The maximum atomic E-state index is 12.5. The van der Waals surface area contributed by atoms with E-state index in [1.165, 1.54) is 0 Å². The second-order valence-corrected chi connectivity index (χ2v) is 7.88. The van der Waals surface area contributed by atoms with Gasteiger partial charge < -0.3 is 0 Å². The maximum absolute atomic E-state index is 12.5. The third-order valence-electron chi connectivity index (χ3n) is 2.99. The molecule has 2 aromatic heterocycles. The molecule has 108 valence electrons. The van der Waals surface area contributed by atoms with Crippen molar-refractivity contribution in [2.24, 2.45) is 0 Å². The predicted molar refractivity (Wildman–Crippen MR) is 82.0 cm³/mol. The fourth-order valence-electron chi connectivity index (χ4n) is 2.06. The second-order valence-electron chi connectivity index (χ2n) is 4.73. The van der Waals surface area contributed by atoms with Gasteiger partial charge in [0, 0.05) is 0 Å². The molecule has 5 nitrogen and oxygen atoms in total. The van der Waals surface area contributed by atoms with Crippen molar-refractivity contribution in [3.05, 3.63) is 47.4 Å². The van der Waals surface area contributed by atoms with Crippen LogP contribution in [0.1, 0.15) is 17.1 Å². The number of aryl methyl sites for hydroxylation is 2. The van der Waals surface area contributed by atoms with Crippen LogP contribution in [0.4, 0.5) is 0 Å². The lowest BCUT2D eigenvalue weighted by molar-refractivity contribution is 0.594. The third kappa shape index (κ3) is 2.79. The van der Waals surface area contributed by atoms with Crippen LogP contribution >= 0.6 is 11.3 Å². The minimum atomic E-state index is -3.47. The van der Waals surface area contributed by atoms with Crippen molar-refractivity contribution in [1.82, 2.24) is 15.0 Å². The minimum Gasteiger partial charge on any atom is -0.236 e. The lowest BCUT2D eigenvalue weighted by Gasteiger charge is -2.00. The predicted octanol–water partition coefficient (Wildman–Crippen LogP) is 2.68. The summed E-state index contributed by atoms with van der Waals surface area (Å²) in [5, 5.41) is 0. The number of aromatic nitrogens is 3. The number of nitrogens with zero attached hydrogens (tertiary/aromatic N) is 3. The fraction of sp³-hybridized carbons (Fsp3) is 0.214. The fourth-order valence-corrected chi connectivity index (χ4v) is 4.74. The summed E-state index contributed by atoms with van der Waals surface area (Å²) < 4.78 is 25.0. The first-order chi connectivity index (χ1) is 9.95. The molecule has 0 saturated heterocycles. The Morgan fingerprint density at radius 1 is 1.05 bits per heavy atom. The van der Waals surface area contributed by atoms with Crippen LogP contribution in [0.25, 0.3) is 10.3 Å². The summed E-state index contributed by atoms with van der Waals surface area (Å²) >= 11 is 1.10. The molecule has 21 heavy (non-hydrogen) atoms.